The SMILES string of the molecule is NCc1ccc2cc(O)ccn2c1=O. The fourth-order valence-corrected chi connectivity index (χ4v) is 1.39. The van der Waals surface area contributed by atoms with E-state index < -0.39 is 0 Å². The van der Waals surface area contributed by atoms with E-state index in [0.29, 0.717) is 11.1 Å². The lowest BCUT2D eigenvalue weighted by Gasteiger charge is -2.02. The number of pyridine rings is 2. The Balaban J connectivity index is 2.84. The van der Waals surface area contributed by atoms with Crippen LogP contribution in [0.25, 0.3) is 5.52 Å². The van der Waals surface area contributed by atoms with Crippen molar-refractivity contribution in [2.45, 2.75) is 6.54 Å². The first-order valence-corrected chi connectivity index (χ1v) is 4.25. The van der Waals surface area contributed by atoms with E-state index >= 15 is 0 Å². The smallest absolute Gasteiger partial charge is 0.259 e. The molecule has 0 spiro atoms. The molecule has 0 saturated carbocycles. The lowest BCUT2D eigenvalue weighted by atomic mass is 10.2. The van der Waals surface area contributed by atoms with Crippen LogP contribution in [0.1, 0.15) is 5.56 Å². The standard InChI is InChI=1S/C10H10N2O2/c11-6-7-1-2-8-5-9(13)3-4-12(8)10(7)14/h1-5,13H,6,11H2. The molecule has 0 unspecified atom stereocenters. The van der Waals surface area contributed by atoms with Gasteiger partial charge in [-0.1, -0.05) is 6.07 Å². The quantitative estimate of drug-likeness (QED) is 0.686. The number of hydrogen-bond donors (Lipinski definition) is 2. The summed E-state index contributed by atoms with van der Waals surface area (Å²) in [4.78, 5) is 11.7. The molecule has 0 aliphatic rings. The number of nitrogens with two attached hydrogens (primary N) is 1. The van der Waals surface area contributed by atoms with Gasteiger partial charge in [-0.2, -0.15) is 0 Å². The molecule has 2 heterocycles. The van der Waals surface area contributed by atoms with Crippen molar-refractivity contribution in [2.24, 2.45) is 5.73 Å². The molecular formula is C10H10N2O2. The van der Waals surface area contributed by atoms with E-state index in [9.17, 15) is 9.90 Å². The Morgan fingerprint density at radius 1 is 1.36 bits per heavy atom. The zero-order valence-corrected chi connectivity index (χ0v) is 7.47. The zero-order chi connectivity index (χ0) is 10.1. The van der Waals surface area contributed by atoms with Crippen molar-refractivity contribution >= 4 is 5.52 Å². The molecule has 0 aliphatic heterocycles. The van der Waals surface area contributed by atoms with E-state index in [2.05, 4.69) is 0 Å². The molecular weight excluding hydrogens is 180 g/mol. The summed E-state index contributed by atoms with van der Waals surface area (Å²) in [7, 11) is 0. The fourth-order valence-electron chi connectivity index (χ4n) is 1.39. The Hall–Kier alpha value is -1.81. The third kappa shape index (κ3) is 1.25. The zero-order valence-electron chi connectivity index (χ0n) is 7.47. The number of nitrogens with zero attached hydrogens (tertiary/aromatic N) is 1. The average Bonchev–Trinajstić information content (AvgIpc) is 2.18. The maximum absolute atomic E-state index is 11.7. The summed E-state index contributed by atoms with van der Waals surface area (Å²) in [5, 5.41) is 9.21. The van der Waals surface area contributed by atoms with E-state index in [-0.39, 0.29) is 17.9 Å². The minimum atomic E-state index is -0.134. The number of aromatic hydroxyl groups is 1. The van der Waals surface area contributed by atoms with Gasteiger partial charge in [0.15, 0.2) is 0 Å². The van der Waals surface area contributed by atoms with Gasteiger partial charge in [-0.15, -0.1) is 0 Å². The highest BCUT2D eigenvalue weighted by molar-refractivity contribution is 5.51. The van der Waals surface area contributed by atoms with Crippen molar-refractivity contribution in [3.63, 3.8) is 0 Å². The monoisotopic (exact) mass is 190 g/mol. The van der Waals surface area contributed by atoms with E-state index in [1.807, 2.05) is 0 Å². The first-order valence-electron chi connectivity index (χ1n) is 4.25. The van der Waals surface area contributed by atoms with Crippen molar-refractivity contribution in [1.82, 2.24) is 4.40 Å². The van der Waals surface area contributed by atoms with Gasteiger partial charge < -0.3 is 10.8 Å². The van der Waals surface area contributed by atoms with Crippen LogP contribution in [0.3, 0.4) is 0 Å². The summed E-state index contributed by atoms with van der Waals surface area (Å²) >= 11 is 0. The number of aromatic nitrogens is 1. The molecule has 0 saturated heterocycles. The minimum Gasteiger partial charge on any atom is -0.508 e. The Kier molecular flexibility index (Phi) is 1.98. The van der Waals surface area contributed by atoms with Crippen molar-refractivity contribution < 1.29 is 5.11 Å². The molecule has 0 amide bonds. The molecule has 4 nitrogen and oxygen atoms in total. The number of hydrogen-bond acceptors (Lipinski definition) is 3. The van der Waals surface area contributed by atoms with Gasteiger partial charge in [0.05, 0.1) is 5.52 Å². The number of fused-ring (bicyclic) bond motifs is 1. The predicted octanol–water partition coefficient (Wildman–Crippen LogP) is 0.464. The van der Waals surface area contributed by atoms with Crippen molar-refractivity contribution in [3.05, 3.63) is 46.4 Å². The molecule has 2 aromatic rings. The Bertz CT molecular complexity index is 531. The summed E-state index contributed by atoms with van der Waals surface area (Å²) in [5.41, 5.74) is 6.50. The first-order chi connectivity index (χ1) is 6.72. The maximum Gasteiger partial charge on any atom is 0.259 e. The summed E-state index contributed by atoms with van der Waals surface area (Å²) in [6.07, 6.45) is 1.53. The van der Waals surface area contributed by atoms with Crippen molar-refractivity contribution in [2.75, 3.05) is 0 Å². The molecule has 2 rings (SSSR count). The van der Waals surface area contributed by atoms with Gasteiger partial charge in [0.2, 0.25) is 0 Å². The summed E-state index contributed by atoms with van der Waals surface area (Å²) < 4.78 is 1.46. The lowest BCUT2D eigenvalue weighted by molar-refractivity contribution is 0.475. The van der Waals surface area contributed by atoms with Gasteiger partial charge in [0.1, 0.15) is 5.75 Å². The van der Waals surface area contributed by atoms with Crippen LogP contribution < -0.4 is 11.3 Å². The highest BCUT2D eigenvalue weighted by Gasteiger charge is 2.01. The predicted molar refractivity (Wildman–Crippen MR) is 53.2 cm³/mol. The first kappa shape index (κ1) is 8.77. The lowest BCUT2D eigenvalue weighted by Crippen LogP contribution is -2.19. The Labute approximate surface area is 80.2 Å². The highest BCUT2D eigenvalue weighted by atomic mass is 16.3. The molecule has 0 bridgehead atoms. The molecule has 0 fully saturated rings. The van der Waals surface area contributed by atoms with Crippen LogP contribution >= 0.6 is 0 Å². The molecule has 0 radical (unpaired) electrons. The second-order valence-corrected chi connectivity index (χ2v) is 3.05. The normalized spacial score (nSPS) is 10.6. The molecule has 72 valence electrons. The van der Waals surface area contributed by atoms with Gasteiger partial charge >= 0.3 is 0 Å². The fraction of sp³-hybridized carbons (Fsp3) is 0.100. The van der Waals surface area contributed by atoms with Gasteiger partial charge in [-0.05, 0) is 12.1 Å². The molecule has 0 aliphatic carbocycles. The summed E-state index contributed by atoms with van der Waals surface area (Å²) in [6, 6.07) is 6.43. The second-order valence-electron chi connectivity index (χ2n) is 3.05. The Morgan fingerprint density at radius 2 is 2.14 bits per heavy atom. The Morgan fingerprint density at radius 3 is 2.86 bits per heavy atom. The van der Waals surface area contributed by atoms with Crippen molar-refractivity contribution in [3.8, 4) is 5.75 Å². The van der Waals surface area contributed by atoms with Crippen LogP contribution in [0.5, 0.6) is 5.75 Å². The maximum atomic E-state index is 11.7. The number of rotatable bonds is 1. The van der Waals surface area contributed by atoms with Gasteiger partial charge in [0, 0.05) is 24.4 Å². The topological polar surface area (TPSA) is 67.7 Å². The van der Waals surface area contributed by atoms with E-state index in [4.69, 9.17) is 5.73 Å². The third-order valence-corrected chi connectivity index (χ3v) is 2.14. The third-order valence-electron chi connectivity index (χ3n) is 2.14. The van der Waals surface area contributed by atoms with Gasteiger partial charge in [-0.3, -0.25) is 9.20 Å². The van der Waals surface area contributed by atoms with Crippen molar-refractivity contribution in [1.29, 1.82) is 0 Å². The molecule has 4 heteroatoms. The van der Waals surface area contributed by atoms with E-state index in [1.54, 1.807) is 12.1 Å². The van der Waals surface area contributed by atoms with Crippen LogP contribution in [-0.4, -0.2) is 9.51 Å². The summed E-state index contributed by atoms with van der Waals surface area (Å²) in [6.45, 7) is 0.225. The molecule has 3 N–H and O–H groups in total. The van der Waals surface area contributed by atoms with Crippen LogP contribution in [0.15, 0.2) is 35.3 Å². The van der Waals surface area contributed by atoms with Crippen LogP contribution in [0, 0.1) is 0 Å². The second kappa shape index (κ2) is 3.16. The van der Waals surface area contributed by atoms with Gasteiger partial charge in [-0.25, -0.2) is 0 Å². The van der Waals surface area contributed by atoms with Crippen LogP contribution in [-0.2, 0) is 6.54 Å². The van der Waals surface area contributed by atoms with Crippen LogP contribution in [0.2, 0.25) is 0 Å². The van der Waals surface area contributed by atoms with Crippen LogP contribution in [0.4, 0.5) is 0 Å². The largest absolute Gasteiger partial charge is 0.508 e. The van der Waals surface area contributed by atoms with Gasteiger partial charge in [0.25, 0.3) is 5.56 Å². The minimum absolute atomic E-state index is 0.134. The average molecular weight is 190 g/mol. The molecule has 14 heavy (non-hydrogen) atoms. The van der Waals surface area contributed by atoms with E-state index in [0.717, 1.165) is 0 Å². The molecule has 0 atom stereocenters. The molecule has 0 aromatic carbocycles. The molecule has 2 aromatic heterocycles. The highest BCUT2D eigenvalue weighted by Crippen LogP contribution is 2.10. The van der Waals surface area contributed by atoms with E-state index in [1.165, 1.54) is 22.7 Å². The summed E-state index contributed by atoms with van der Waals surface area (Å²) in [5.74, 6) is 0.143.